The molecule has 0 aliphatic carbocycles. The van der Waals surface area contributed by atoms with Gasteiger partial charge in [-0.15, -0.1) is 0 Å². The standard InChI is InChI=1S/C11H18N2O3/c1-3-8(2)12-9(14)6-7-13-10(15)4-5-11(13)16/h8H,3-7H2,1-2H3,(H,12,14)/t8-/m0/s1. The van der Waals surface area contributed by atoms with Crippen LogP contribution in [0.3, 0.4) is 0 Å². The van der Waals surface area contributed by atoms with Gasteiger partial charge in [0.2, 0.25) is 17.7 Å². The Balaban J connectivity index is 2.31. The van der Waals surface area contributed by atoms with Crippen LogP contribution in [0.4, 0.5) is 0 Å². The summed E-state index contributed by atoms with van der Waals surface area (Å²) in [7, 11) is 0. The van der Waals surface area contributed by atoms with Crippen molar-refractivity contribution >= 4 is 17.7 Å². The molecule has 1 aliphatic heterocycles. The monoisotopic (exact) mass is 226 g/mol. The van der Waals surface area contributed by atoms with E-state index in [2.05, 4.69) is 5.32 Å². The molecular weight excluding hydrogens is 208 g/mol. The van der Waals surface area contributed by atoms with E-state index in [4.69, 9.17) is 0 Å². The summed E-state index contributed by atoms with van der Waals surface area (Å²) >= 11 is 0. The lowest BCUT2D eigenvalue weighted by molar-refractivity contribution is -0.138. The molecule has 1 rings (SSSR count). The van der Waals surface area contributed by atoms with Gasteiger partial charge in [-0.25, -0.2) is 0 Å². The first-order chi connectivity index (χ1) is 7.54. The van der Waals surface area contributed by atoms with E-state index in [1.807, 2.05) is 13.8 Å². The van der Waals surface area contributed by atoms with E-state index in [-0.39, 0.29) is 49.6 Å². The van der Waals surface area contributed by atoms with Crippen molar-refractivity contribution in [1.82, 2.24) is 10.2 Å². The van der Waals surface area contributed by atoms with E-state index < -0.39 is 0 Å². The molecule has 1 aliphatic rings. The minimum Gasteiger partial charge on any atom is -0.354 e. The number of imide groups is 1. The number of nitrogens with one attached hydrogen (secondary N) is 1. The van der Waals surface area contributed by atoms with Crippen LogP contribution >= 0.6 is 0 Å². The molecule has 0 spiro atoms. The number of rotatable bonds is 5. The molecule has 1 fully saturated rings. The molecule has 1 N–H and O–H groups in total. The Bertz CT molecular complexity index is 286. The minimum atomic E-state index is -0.165. The van der Waals surface area contributed by atoms with Gasteiger partial charge in [0.25, 0.3) is 0 Å². The molecule has 3 amide bonds. The predicted octanol–water partition coefficient (Wildman–Crippen LogP) is 0.440. The van der Waals surface area contributed by atoms with E-state index in [9.17, 15) is 14.4 Å². The molecule has 0 unspecified atom stereocenters. The van der Waals surface area contributed by atoms with Gasteiger partial charge in [-0.05, 0) is 13.3 Å². The van der Waals surface area contributed by atoms with Crippen molar-refractivity contribution in [3.8, 4) is 0 Å². The van der Waals surface area contributed by atoms with Crippen molar-refractivity contribution in [3.05, 3.63) is 0 Å². The Kier molecular flexibility index (Phi) is 4.46. The summed E-state index contributed by atoms with van der Waals surface area (Å²) in [6.07, 6.45) is 1.63. The summed E-state index contributed by atoms with van der Waals surface area (Å²) in [6.45, 7) is 4.11. The normalized spacial score (nSPS) is 17.8. The lowest BCUT2D eigenvalue weighted by Gasteiger charge is -2.15. The van der Waals surface area contributed by atoms with E-state index in [0.717, 1.165) is 6.42 Å². The van der Waals surface area contributed by atoms with Crippen molar-refractivity contribution < 1.29 is 14.4 Å². The van der Waals surface area contributed by atoms with Gasteiger partial charge in [-0.2, -0.15) is 0 Å². The third-order valence-electron chi connectivity index (χ3n) is 2.74. The van der Waals surface area contributed by atoms with Crippen LogP contribution < -0.4 is 5.32 Å². The number of likely N-dealkylation sites (tertiary alicyclic amines) is 1. The molecule has 1 saturated heterocycles. The van der Waals surface area contributed by atoms with Gasteiger partial charge in [0, 0.05) is 31.8 Å². The Morgan fingerprint density at radius 2 is 1.94 bits per heavy atom. The fourth-order valence-electron chi connectivity index (χ4n) is 1.53. The molecular formula is C11H18N2O3. The van der Waals surface area contributed by atoms with Gasteiger partial charge in [-0.3, -0.25) is 19.3 Å². The Hall–Kier alpha value is -1.39. The summed E-state index contributed by atoms with van der Waals surface area (Å²) in [5.41, 5.74) is 0. The molecule has 0 aromatic carbocycles. The number of hydrogen-bond donors (Lipinski definition) is 1. The summed E-state index contributed by atoms with van der Waals surface area (Å²) in [5, 5.41) is 2.79. The van der Waals surface area contributed by atoms with Crippen LogP contribution in [0.1, 0.15) is 39.5 Å². The smallest absolute Gasteiger partial charge is 0.229 e. The van der Waals surface area contributed by atoms with Crippen molar-refractivity contribution in [3.63, 3.8) is 0 Å². The first-order valence-corrected chi connectivity index (χ1v) is 5.67. The van der Waals surface area contributed by atoms with Crippen LogP contribution in [0.5, 0.6) is 0 Å². The average Bonchev–Trinajstić information content (AvgIpc) is 2.56. The highest BCUT2D eigenvalue weighted by Gasteiger charge is 2.28. The second-order valence-electron chi connectivity index (χ2n) is 4.07. The summed E-state index contributed by atoms with van der Waals surface area (Å²) in [5.74, 6) is -0.440. The van der Waals surface area contributed by atoms with E-state index in [1.165, 1.54) is 4.90 Å². The largest absolute Gasteiger partial charge is 0.354 e. The Morgan fingerprint density at radius 3 is 2.44 bits per heavy atom. The predicted molar refractivity (Wildman–Crippen MR) is 58.5 cm³/mol. The lowest BCUT2D eigenvalue weighted by atomic mass is 10.2. The maximum absolute atomic E-state index is 11.4. The highest BCUT2D eigenvalue weighted by molar-refractivity contribution is 6.02. The molecule has 0 bridgehead atoms. The van der Waals surface area contributed by atoms with Crippen LogP contribution in [-0.2, 0) is 14.4 Å². The SMILES string of the molecule is CC[C@H](C)NC(=O)CCN1C(=O)CCC1=O. The zero-order valence-electron chi connectivity index (χ0n) is 9.78. The molecule has 5 heteroatoms. The third-order valence-corrected chi connectivity index (χ3v) is 2.74. The number of carbonyl (C=O) groups is 3. The topological polar surface area (TPSA) is 66.5 Å². The molecule has 1 atom stereocenters. The van der Waals surface area contributed by atoms with E-state index in [0.29, 0.717) is 0 Å². The second-order valence-corrected chi connectivity index (χ2v) is 4.07. The zero-order valence-corrected chi connectivity index (χ0v) is 9.78. The molecule has 90 valence electrons. The minimum absolute atomic E-state index is 0.109. The fraction of sp³-hybridized carbons (Fsp3) is 0.727. The van der Waals surface area contributed by atoms with E-state index >= 15 is 0 Å². The van der Waals surface area contributed by atoms with Crippen molar-refractivity contribution in [2.45, 2.75) is 45.6 Å². The maximum Gasteiger partial charge on any atom is 0.229 e. The third kappa shape index (κ3) is 3.32. The Labute approximate surface area is 95.2 Å². The quantitative estimate of drug-likeness (QED) is 0.692. The molecule has 16 heavy (non-hydrogen) atoms. The number of nitrogens with zero attached hydrogens (tertiary/aromatic N) is 1. The molecule has 0 aromatic heterocycles. The first-order valence-electron chi connectivity index (χ1n) is 5.67. The van der Waals surface area contributed by atoms with Gasteiger partial charge in [-0.1, -0.05) is 6.92 Å². The van der Waals surface area contributed by atoms with Gasteiger partial charge >= 0.3 is 0 Å². The highest BCUT2D eigenvalue weighted by Crippen LogP contribution is 2.11. The van der Waals surface area contributed by atoms with Crippen molar-refractivity contribution in [2.24, 2.45) is 0 Å². The van der Waals surface area contributed by atoms with Gasteiger partial charge in [0.05, 0.1) is 0 Å². The molecule has 1 heterocycles. The molecule has 0 radical (unpaired) electrons. The average molecular weight is 226 g/mol. The number of amides is 3. The van der Waals surface area contributed by atoms with Gasteiger partial charge < -0.3 is 5.32 Å². The second kappa shape index (κ2) is 5.63. The molecule has 0 aromatic rings. The van der Waals surface area contributed by atoms with E-state index in [1.54, 1.807) is 0 Å². The maximum atomic E-state index is 11.4. The Morgan fingerprint density at radius 1 is 1.38 bits per heavy atom. The van der Waals surface area contributed by atoms with Gasteiger partial charge in [0.1, 0.15) is 0 Å². The van der Waals surface area contributed by atoms with Crippen LogP contribution in [-0.4, -0.2) is 35.2 Å². The summed E-state index contributed by atoms with van der Waals surface area (Å²) in [6, 6.07) is 0.137. The number of hydrogen-bond acceptors (Lipinski definition) is 3. The summed E-state index contributed by atoms with van der Waals surface area (Å²) < 4.78 is 0. The van der Waals surface area contributed by atoms with Gasteiger partial charge in [0.15, 0.2) is 0 Å². The molecule has 0 saturated carbocycles. The van der Waals surface area contributed by atoms with Crippen LogP contribution in [0, 0.1) is 0 Å². The first kappa shape index (κ1) is 12.7. The van der Waals surface area contributed by atoms with Crippen LogP contribution in [0.15, 0.2) is 0 Å². The fourth-order valence-corrected chi connectivity index (χ4v) is 1.53. The highest BCUT2D eigenvalue weighted by atomic mass is 16.2. The van der Waals surface area contributed by atoms with Crippen molar-refractivity contribution in [2.75, 3.05) is 6.54 Å². The molecule has 5 nitrogen and oxygen atoms in total. The van der Waals surface area contributed by atoms with Crippen LogP contribution in [0.2, 0.25) is 0 Å². The van der Waals surface area contributed by atoms with Crippen LogP contribution in [0.25, 0.3) is 0 Å². The summed E-state index contributed by atoms with van der Waals surface area (Å²) in [4.78, 5) is 35.1. The van der Waals surface area contributed by atoms with Crippen molar-refractivity contribution in [1.29, 1.82) is 0 Å². The zero-order chi connectivity index (χ0) is 12.1. The number of carbonyl (C=O) groups excluding carboxylic acids is 3. The lowest BCUT2D eigenvalue weighted by Crippen LogP contribution is -2.37.